The highest BCUT2D eigenvalue weighted by molar-refractivity contribution is 5.90. The van der Waals surface area contributed by atoms with Crippen LogP contribution in [0.1, 0.15) is 30.0 Å². The topological polar surface area (TPSA) is 65.2 Å². The monoisotopic (exact) mass is 399 g/mol. The van der Waals surface area contributed by atoms with Crippen LogP contribution in [-0.4, -0.2) is 22.5 Å². The van der Waals surface area contributed by atoms with Gasteiger partial charge in [0.15, 0.2) is 0 Å². The number of nitrogens with zero attached hydrogens (tertiary/aromatic N) is 1. The average Bonchev–Trinajstić information content (AvgIpc) is 2.64. The Labute approximate surface area is 167 Å². The Hall–Kier alpha value is -3.22. The number of benzene rings is 2. The number of hydrogen-bond acceptors (Lipinski definition) is 2. The van der Waals surface area contributed by atoms with Gasteiger partial charge in [0, 0.05) is 30.6 Å². The van der Waals surface area contributed by atoms with Gasteiger partial charge in [-0.05, 0) is 49.6 Å². The molecule has 29 heavy (non-hydrogen) atoms. The number of aromatic nitrogens is 1. The first-order chi connectivity index (χ1) is 13.8. The number of carbonyl (C=O) groups excluding carboxylic acids is 1. The summed E-state index contributed by atoms with van der Waals surface area (Å²) in [6, 6.07) is 7.90. The summed E-state index contributed by atoms with van der Waals surface area (Å²) >= 11 is 0. The number of urea groups is 1. The lowest BCUT2D eigenvalue weighted by Gasteiger charge is -2.23. The Morgan fingerprint density at radius 1 is 1.14 bits per heavy atom. The molecule has 0 saturated carbocycles. The second kappa shape index (κ2) is 8.43. The van der Waals surface area contributed by atoms with Crippen molar-refractivity contribution in [3.63, 3.8) is 0 Å². The zero-order valence-corrected chi connectivity index (χ0v) is 16.6. The first-order valence-corrected chi connectivity index (χ1v) is 9.42. The maximum Gasteiger partial charge on any atom is 0.322 e. The van der Waals surface area contributed by atoms with Crippen molar-refractivity contribution in [2.45, 2.75) is 33.7 Å². The highest BCUT2D eigenvalue weighted by Crippen LogP contribution is 2.23. The molecule has 2 N–H and O–H groups in total. The van der Waals surface area contributed by atoms with E-state index in [-0.39, 0.29) is 17.8 Å². The van der Waals surface area contributed by atoms with E-state index < -0.39 is 17.7 Å². The van der Waals surface area contributed by atoms with E-state index in [0.717, 1.165) is 34.2 Å². The number of aryl methyl sites for hydroxylation is 2. The second-order valence-electron chi connectivity index (χ2n) is 7.14. The Morgan fingerprint density at radius 2 is 1.90 bits per heavy atom. The zero-order valence-electron chi connectivity index (χ0n) is 16.6. The van der Waals surface area contributed by atoms with Crippen molar-refractivity contribution in [3.8, 4) is 0 Å². The zero-order chi connectivity index (χ0) is 21.1. The van der Waals surface area contributed by atoms with Crippen LogP contribution >= 0.6 is 0 Å². The minimum Gasteiger partial charge on any atom is -0.322 e. The molecule has 5 nitrogen and oxygen atoms in total. The fourth-order valence-electron chi connectivity index (χ4n) is 3.43. The first kappa shape index (κ1) is 20.5. The number of amides is 2. The lowest BCUT2D eigenvalue weighted by atomic mass is 10.0. The quantitative estimate of drug-likeness (QED) is 0.643. The molecule has 0 radical (unpaired) electrons. The maximum atomic E-state index is 13.9. The van der Waals surface area contributed by atoms with Gasteiger partial charge in [0.2, 0.25) is 5.56 Å². The summed E-state index contributed by atoms with van der Waals surface area (Å²) in [5.41, 5.74) is 3.08. The fourth-order valence-corrected chi connectivity index (χ4v) is 3.43. The van der Waals surface area contributed by atoms with Gasteiger partial charge >= 0.3 is 6.03 Å². The second-order valence-corrected chi connectivity index (χ2v) is 7.14. The Bertz CT molecular complexity index is 1120. The van der Waals surface area contributed by atoms with E-state index in [1.54, 1.807) is 0 Å². The van der Waals surface area contributed by atoms with Crippen LogP contribution in [0.5, 0.6) is 0 Å². The van der Waals surface area contributed by atoms with Crippen LogP contribution in [0.3, 0.4) is 0 Å². The molecule has 3 rings (SSSR count). The molecule has 0 fully saturated rings. The number of carbonyl (C=O) groups is 1. The summed E-state index contributed by atoms with van der Waals surface area (Å²) in [7, 11) is 0. The van der Waals surface area contributed by atoms with Crippen molar-refractivity contribution < 1.29 is 13.6 Å². The number of fused-ring (bicyclic) bond motifs is 1. The molecule has 7 heteroatoms. The van der Waals surface area contributed by atoms with Crippen molar-refractivity contribution in [2.24, 2.45) is 0 Å². The molecule has 0 aliphatic heterocycles. The van der Waals surface area contributed by atoms with Gasteiger partial charge in [0.1, 0.15) is 11.6 Å². The molecule has 0 unspecified atom stereocenters. The van der Waals surface area contributed by atoms with Crippen LogP contribution in [0.25, 0.3) is 10.9 Å². The third kappa shape index (κ3) is 4.62. The molecule has 3 aromatic rings. The molecular formula is C22H23F2N3O2. The Morgan fingerprint density at radius 3 is 2.59 bits per heavy atom. The fraction of sp³-hybridized carbons (Fsp3) is 0.273. The molecule has 0 atom stereocenters. The third-order valence-corrected chi connectivity index (χ3v) is 4.69. The summed E-state index contributed by atoms with van der Waals surface area (Å²) in [6.07, 6.45) is 0.679. The molecule has 2 aromatic carbocycles. The number of rotatable bonds is 5. The molecule has 0 bridgehead atoms. The van der Waals surface area contributed by atoms with Crippen LogP contribution in [0, 0.1) is 25.5 Å². The number of aromatic amines is 1. The van der Waals surface area contributed by atoms with Gasteiger partial charge in [-0.15, -0.1) is 0 Å². The molecule has 2 amide bonds. The number of halogens is 2. The maximum absolute atomic E-state index is 13.9. The van der Waals surface area contributed by atoms with E-state index in [9.17, 15) is 18.4 Å². The lowest BCUT2D eigenvalue weighted by Crippen LogP contribution is -2.35. The SMILES string of the molecule is CCCN(Cc1cc(=O)[nH]c2c(C)cc(C)cc12)C(=O)Nc1ccc(F)cc1F. The van der Waals surface area contributed by atoms with E-state index in [4.69, 9.17) is 0 Å². The van der Waals surface area contributed by atoms with E-state index in [2.05, 4.69) is 10.3 Å². The predicted octanol–water partition coefficient (Wildman–Crippen LogP) is 4.87. The van der Waals surface area contributed by atoms with E-state index in [1.807, 2.05) is 32.9 Å². The predicted molar refractivity (Wildman–Crippen MR) is 110 cm³/mol. The Kier molecular flexibility index (Phi) is 5.96. The van der Waals surface area contributed by atoms with Crippen molar-refractivity contribution in [1.82, 2.24) is 9.88 Å². The normalized spacial score (nSPS) is 10.9. The van der Waals surface area contributed by atoms with Crippen LogP contribution in [0.2, 0.25) is 0 Å². The highest BCUT2D eigenvalue weighted by Gasteiger charge is 2.17. The summed E-state index contributed by atoms with van der Waals surface area (Å²) in [4.78, 5) is 29.3. The number of pyridine rings is 1. The largest absolute Gasteiger partial charge is 0.322 e. The molecule has 1 aromatic heterocycles. The molecular weight excluding hydrogens is 376 g/mol. The van der Waals surface area contributed by atoms with Gasteiger partial charge in [-0.1, -0.05) is 18.6 Å². The van der Waals surface area contributed by atoms with Crippen LogP contribution in [0.15, 0.2) is 41.2 Å². The molecule has 1 heterocycles. The highest BCUT2D eigenvalue weighted by atomic mass is 19.1. The summed E-state index contributed by atoms with van der Waals surface area (Å²) in [5, 5.41) is 3.35. The van der Waals surface area contributed by atoms with Gasteiger partial charge in [0.25, 0.3) is 0 Å². The van der Waals surface area contributed by atoms with Crippen molar-refractivity contribution >= 4 is 22.6 Å². The molecule has 0 aliphatic rings. The van der Waals surface area contributed by atoms with Crippen LogP contribution < -0.4 is 10.9 Å². The van der Waals surface area contributed by atoms with Gasteiger partial charge in [-0.3, -0.25) is 4.79 Å². The Balaban J connectivity index is 1.94. The smallest absolute Gasteiger partial charge is 0.322 e. The van der Waals surface area contributed by atoms with Crippen LogP contribution in [-0.2, 0) is 6.54 Å². The lowest BCUT2D eigenvalue weighted by molar-refractivity contribution is 0.209. The molecule has 0 saturated heterocycles. The summed E-state index contributed by atoms with van der Waals surface area (Å²) < 4.78 is 27.0. The third-order valence-electron chi connectivity index (χ3n) is 4.69. The number of anilines is 1. The number of H-pyrrole nitrogens is 1. The average molecular weight is 399 g/mol. The summed E-state index contributed by atoms with van der Waals surface area (Å²) in [5.74, 6) is -1.56. The molecule has 0 spiro atoms. The van der Waals surface area contributed by atoms with E-state index in [0.29, 0.717) is 18.5 Å². The van der Waals surface area contributed by atoms with Crippen molar-refractivity contribution in [3.05, 3.63) is 75.1 Å². The number of hydrogen-bond donors (Lipinski definition) is 2. The minimum atomic E-state index is -0.845. The van der Waals surface area contributed by atoms with Crippen molar-refractivity contribution in [1.29, 1.82) is 0 Å². The first-order valence-electron chi connectivity index (χ1n) is 9.42. The molecule has 152 valence electrons. The molecule has 0 aliphatic carbocycles. The van der Waals surface area contributed by atoms with Crippen molar-refractivity contribution in [2.75, 3.05) is 11.9 Å². The van der Waals surface area contributed by atoms with E-state index >= 15 is 0 Å². The van der Waals surface area contributed by atoms with Gasteiger partial charge < -0.3 is 15.2 Å². The minimum absolute atomic E-state index is 0.0973. The number of nitrogens with one attached hydrogen (secondary N) is 2. The summed E-state index contributed by atoms with van der Waals surface area (Å²) in [6.45, 7) is 6.40. The van der Waals surface area contributed by atoms with E-state index in [1.165, 1.54) is 17.0 Å². The van der Waals surface area contributed by atoms with Gasteiger partial charge in [0.05, 0.1) is 11.2 Å². The van der Waals surface area contributed by atoms with Crippen LogP contribution in [0.4, 0.5) is 19.3 Å². The standard InChI is InChI=1S/C22H23F2N3O2/c1-4-7-27(22(29)25-19-6-5-16(23)11-18(19)24)12-15-10-20(28)26-21-14(3)8-13(2)9-17(15)21/h5-6,8-11H,4,7,12H2,1-3H3,(H,25,29)(H,26,28). The van der Waals surface area contributed by atoms with Gasteiger partial charge in [-0.25, -0.2) is 13.6 Å². The van der Waals surface area contributed by atoms with Gasteiger partial charge in [-0.2, -0.15) is 0 Å².